The molecule has 0 radical (unpaired) electrons. The molecule has 1 aromatic heterocycles. The minimum atomic E-state index is -4.57. The molecule has 8 heteroatoms. The molecule has 1 heterocycles. The van der Waals surface area contributed by atoms with Crippen molar-refractivity contribution in [1.82, 2.24) is 4.98 Å². The van der Waals surface area contributed by atoms with Gasteiger partial charge in [0.15, 0.2) is 11.6 Å². The van der Waals surface area contributed by atoms with Gasteiger partial charge >= 0.3 is 6.18 Å². The van der Waals surface area contributed by atoms with Gasteiger partial charge < -0.3 is 0 Å². The molecule has 1 fully saturated rings. The third-order valence-electron chi connectivity index (χ3n) is 3.62. The number of Topliss-reactive ketones (excluding diaryl/α,β-unsaturated/α-hetero) is 2. The number of pyridine rings is 1. The number of carbonyl (C=O) groups excluding carboxylic acids is 2. The lowest BCUT2D eigenvalue weighted by Crippen LogP contribution is -2.19. The fraction of sp³-hybridized carbons (Fsp3) is 0.438. The number of aryl methyl sites for hydroxylation is 1. The van der Waals surface area contributed by atoms with Gasteiger partial charge in [-0.1, -0.05) is 0 Å². The minimum absolute atomic E-state index is 0.0301. The van der Waals surface area contributed by atoms with Crippen LogP contribution < -0.4 is 0 Å². The van der Waals surface area contributed by atoms with Gasteiger partial charge in [0.25, 0.3) is 0 Å². The summed E-state index contributed by atoms with van der Waals surface area (Å²) in [5.41, 5.74) is -0.974. The Morgan fingerprint density at radius 3 is 2.17 bits per heavy atom. The fourth-order valence-electron chi connectivity index (χ4n) is 2.24. The van der Waals surface area contributed by atoms with Crippen molar-refractivity contribution in [1.29, 1.82) is 0 Å². The van der Waals surface area contributed by atoms with Crippen LogP contribution in [-0.4, -0.2) is 29.1 Å². The Morgan fingerprint density at radius 2 is 1.75 bits per heavy atom. The predicted molar refractivity (Wildman–Crippen MR) is 90.1 cm³/mol. The first-order valence-corrected chi connectivity index (χ1v) is 9.61. The maximum atomic E-state index is 12.8. The summed E-state index contributed by atoms with van der Waals surface area (Å²) >= 11 is 2.58. The zero-order valence-corrected chi connectivity index (χ0v) is 15.0. The van der Waals surface area contributed by atoms with Crippen molar-refractivity contribution in [3.05, 3.63) is 38.9 Å². The van der Waals surface area contributed by atoms with E-state index in [9.17, 15) is 22.8 Å². The second kappa shape index (κ2) is 7.31. The Hall–Kier alpha value is -1.28. The van der Waals surface area contributed by atoms with Crippen LogP contribution in [0.5, 0.6) is 0 Å². The lowest BCUT2D eigenvalue weighted by molar-refractivity contribution is -0.141. The molecule has 0 saturated heterocycles. The van der Waals surface area contributed by atoms with Crippen LogP contribution in [0.25, 0.3) is 0 Å². The number of carbonyl (C=O) groups is 2. The number of aromatic nitrogens is 1. The van der Waals surface area contributed by atoms with E-state index < -0.39 is 17.7 Å². The van der Waals surface area contributed by atoms with Gasteiger partial charge in [0.2, 0.25) is 0 Å². The lowest BCUT2D eigenvalue weighted by atomic mass is 9.98. The molecule has 24 heavy (non-hydrogen) atoms. The van der Waals surface area contributed by atoms with E-state index in [0.717, 1.165) is 25.0 Å². The minimum Gasteiger partial charge on any atom is -0.294 e. The maximum absolute atomic E-state index is 12.8. The Labute approximate surface area is 146 Å². The Balaban J connectivity index is 2.47. The molecule has 0 atom stereocenters. The standard InChI is InChI=1S/C16H16F3NO2S2/c1-8-10(6-7-11(20-8)16(17,18)19)14(22)12(15(23-2)24-3)13(21)9-4-5-9/h6-7,9H,4-5H2,1-3H3. The molecule has 0 bridgehead atoms. The van der Waals surface area contributed by atoms with Crippen molar-refractivity contribution in [2.24, 2.45) is 5.92 Å². The number of alkyl halides is 3. The van der Waals surface area contributed by atoms with Gasteiger partial charge in [0.1, 0.15) is 5.69 Å². The number of halogens is 3. The largest absolute Gasteiger partial charge is 0.433 e. The zero-order valence-electron chi connectivity index (χ0n) is 13.4. The summed E-state index contributed by atoms with van der Waals surface area (Å²) in [6.45, 7) is 1.35. The average Bonchev–Trinajstić information content (AvgIpc) is 3.35. The summed E-state index contributed by atoms with van der Waals surface area (Å²) < 4.78 is 38.7. The van der Waals surface area contributed by atoms with Gasteiger partial charge in [0.05, 0.1) is 9.81 Å². The second-order valence-electron chi connectivity index (χ2n) is 5.37. The van der Waals surface area contributed by atoms with Gasteiger partial charge in [-0.15, -0.1) is 23.5 Å². The fourth-order valence-corrected chi connectivity index (χ4v) is 3.70. The molecule has 0 unspecified atom stereocenters. The molecule has 1 aliphatic carbocycles. The molecule has 1 aromatic rings. The zero-order chi connectivity index (χ0) is 18.1. The summed E-state index contributed by atoms with van der Waals surface area (Å²) in [4.78, 5) is 28.8. The molecule has 130 valence electrons. The smallest absolute Gasteiger partial charge is 0.294 e. The van der Waals surface area contributed by atoms with Crippen LogP contribution in [0.15, 0.2) is 21.9 Å². The Bertz CT molecular complexity index is 704. The second-order valence-corrected chi connectivity index (χ2v) is 7.26. The van der Waals surface area contributed by atoms with Crippen LogP contribution in [0.1, 0.15) is 34.6 Å². The first-order chi connectivity index (χ1) is 11.2. The van der Waals surface area contributed by atoms with E-state index in [0.29, 0.717) is 4.24 Å². The topological polar surface area (TPSA) is 47.0 Å². The molecule has 2 rings (SSSR count). The average molecular weight is 375 g/mol. The molecular weight excluding hydrogens is 359 g/mol. The number of hydrogen-bond acceptors (Lipinski definition) is 5. The van der Waals surface area contributed by atoms with Crippen LogP contribution in [0.3, 0.4) is 0 Å². The summed E-state index contributed by atoms with van der Waals surface area (Å²) in [6.07, 6.45) is 0.443. The van der Waals surface area contributed by atoms with Gasteiger partial charge in [-0.3, -0.25) is 9.59 Å². The van der Waals surface area contributed by atoms with Crippen LogP contribution >= 0.6 is 23.5 Å². The van der Waals surface area contributed by atoms with E-state index in [1.165, 1.54) is 30.4 Å². The number of rotatable bonds is 6. The first kappa shape index (κ1) is 19.1. The first-order valence-electron chi connectivity index (χ1n) is 7.16. The number of nitrogens with zero attached hydrogens (tertiary/aromatic N) is 1. The highest BCUT2D eigenvalue weighted by Crippen LogP contribution is 2.38. The summed E-state index contributed by atoms with van der Waals surface area (Å²) in [5, 5.41) is 0. The van der Waals surface area contributed by atoms with Crippen molar-refractivity contribution < 1.29 is 22.8 Å². The summed E-state index contributed by atoms with van der Waals surface area (Å²) in [7, 11) is 0. The van der Waals surface area contributed by atoms with Crippen LogP contribution in [0, 0.1) is 12.8 Å². The van der Waals surface area contributed by atoms with E-state index >= 15 is 0 Å². The Morgan fingerprint density at radius 1 is 1.17 bits per heavy atom. The van der Waals surface area contributed by atoms with E-state index in [1.807, 2.05) is 0 Å². The summed E-state index contributed by atoms with van der Waals surface area (Å²) in [5.74, 6) is -0.928. The van der Waals surface area contributed by atoms with Crippen LogP contribution in [-0.2, 0) is 11.0 Å². The van der Waals surface area contributed by atoms with Gasteiger partial charge in [-0.25, -0.2) is 4.98 Å². The molecular formula is C16H16F3NO2S2. The molecule has 0 spiro atoms. The monoisotopic (exact) mass is 375 g/mol. The SMILES string of the molecule is CSC(SC)=C(C(=O)c1ccc(C(F)(F)F)nc1C)C(=O)C1CC1. The quantitative estimate of drug-likeness (QED) is 0.317. The number of ketones is 2. The van der Waals surface area contributed by atoms with Crippen LogP contribution in [0.4, 0.5) is 13.2 Å². The molecule has 0 aromatic carbocycles. The molecule has 1 aliphatic rings. The van der Waals surface area contributed by atoms with Gasteiger partial charge in [-0.2, -0.15) is 13.2 Å². The molecule has 0 aliphatic heterocycles. The Kier molecular flexibility index (Phi) is 5.80. The normalized spacial score (nSPS) is 14.4. The van der Waals surface area contributed by atoms with Gasteiger partial charge in [-0.05, 0) is 44.4 Å². The highest BCUT2D eigenvalue weighted by molar-refractivity contribution is 8.21. The number of thioether (sulfide) groups is 2. The van der Waals surface area contributed by atoms with E-state index in [2.05, 4.69) is 4.98 Å². The van der Waals surface area contributed by atoms with E-state index in [1.54, 1.807) is 12.5 Å². The molecule has 1 saturated carbocycles. The number of allylic oxidation sites excluding steroid dienone is 1. The highest BCUT2D eigenvalue weighted by atomic mass is 32.2. The van der Waals surface area contributed by atoms with Crippen molar-refractivity contribution in [3.63, 3.8) is 0 Å². The van der Waals surface area contributed by atoms with Crippen molar-refractivity contribution in [2.45, 2.75) is 25.9 Å². The molecule has 0 amide bonds. The lowest BCUT2D eigenvalue weighted by Gasteiger charge is -2.13. The van der Waals surface area contributed by atoms with E-state index in [-0.39, 0.29) is 28.5 Å². The maximum Gasteiger partial charge on any atom is 0.433 e. The predicted octanol–water partition coefficient (Wildman–Crippen LogP) is 4.51. The van der Waals surface area contributed by atoms with Crippen molar-refractivity contribution in [2.75, 3.05) is 12.5 Å². The van der Waals surface area contributed by atoms with Crippen molar-refractivity contribution >= 4 is 35.1 Å². The van der Waals surface area contributed by atoms with Crippen molar-refractivity contribution in [3.8, 4) is 0 Å². The summed E-state index contributed by atoms with van der Waals surface area (Å²) in [6, 6.07) is 1.88. The molecule has 3 nitrogen and oxygen atoms in total. The number of hydrogen-bond donors (Lipinski definition) is 0. The molecule has 0 N–H and O–H groups in total. The third kappa shape index (κ3) is 4.03. The van der Waals surface area contributed by atoms with E-state index in [4.69, 9.17) is 0 Å². The highest BCUT2D eigenvalue weighted by Gasteiger charge is 2.38. The van der Waals surface area contributed by atoms with Crippen LogP contribution in [0.2, 0.25) is 0 Å². The third-order valence-corrected chi connectivity index (χ3v) is 5.77. The van der Waals surface area contributed by atoms with Gasteiger partial charge in [0, 0.05) is 17.2 Å².